The van der Waals surface area contributed by atoms with Gasteiger partial charge in [0.1, 0.15) is 5.76 Å². The number of carbonyl (C=O) groups excluding carboxylic acids is 1. The highest BCUT2D eigenvalue weighted by Gasteiger charge is 2.18. The van der Waals surface area contributed by atoms with Crippen LogP contribution in [-0.4, -0.2) is 13.1 Å². The largest absolute Gasteiger partial charge is 0.469 e. The fourth-order valence-electron chi connectivity index (χ4n) is 1.72. The number of halogens is 2. The van der Waals surface area contributed by atoms with E-state index in [1.165, 1.54) is 7.11 Å². The predicted octanol–water partition coefficient (Wildman–Crippen LogP) is 4.26. The maximum Gasteiger partial charge on any atom is 0.307 e. The molecule has 2 rings (SSSR count). The van der Waals surface area contributed by atoms with E-state index in [-0.39, 0.29) is 12.0 Å². The number of furan rings is 1. The number of esters is 1. The normalized spacial score (nSPS) is 12.3. The zero-order chi connectivity index (χ0) is 14.5. The van der Waals surface area contributed by atoms with Gasteiger partial charge in [-0.25, -0.2) is 0 Å². The lowest BCUT2D eigenvalue weighted by molar-refractivity contribution is -0.141. The Morgan fingerprint density at radius 2 is 2.35 bits per heavy atom. The molecule has 1 N–H and O–H groups in total. The molecule has 2 heterocycles. The predicted molar refractivity (Wildman–Crippen MR) is 84.6 cm³/mol. The van der Waals surface area contributed by atoms with Crippen LogP contribution in [-0.2, 0) is 16.1 Å². The van der Waals surface area contributed by atoms with Crippen LogP contribution in [0, 0.1) is 0 Å². The maximum absolute atomic E-state index is 11.5. The molecule has 0 aromatic carbocycles. The average molecular weight is 423 g/mol. The Balaban J connectivity index is 2.02. The van der Waals surface area contributed by atoms with Crippen molar-refractivity contribution in [3.8, 4) is 0 Å². The van der Waals surface area contributed by atoms with Gasteiger partial charge < -0.3 is 14.5 Å². The lowest BCUT2D eigenvalue weighted by Crippen LogP contribution is -2.23. The highest BCUT2D eigenvalue weighted by Crippen LogP contribution is 2.28. The van der Waals surface area contributed by atoms with Gasteiger partial charge in [-0.05, 0) is 49.4 Å². The molecular weight excluding hydrogens is 410 g/mol. The zero-order valence-corrected chi connectivity index (χ0v) is 14.7. The third kappa shape index (κ3) is 4.18. The Morgan fingerprint density at radius 1 is 1.55 bits per heavy atom. The van der Waals surface area contributed by atoms with Crippen LogP contribution in [0.3, 0.4) is 0 Å². The second kappa shape index (κ2) is 7.40. The molecular formula is C13H13Br2NO3S. The molecule has 4 nitrogen and oxygen atoms in total. The zero-order valence-electron chi connectivity index (χ0n) is 10.7. The van der Waals surface area contributed by atoms with Crippen LogP contribution in [0.15, 0.2) is 37.1 Å². The number of hydrogen-bond donors (Lipinski definition) is 1. The van der Waals surface area contributed by atoms with Gasteiger partial charge in [0.15, 0.2) is 4.67 Å². The van der Waals surface area contributed by atoms with Gasteiger partial charge in [0.2, 0.25) is 0 Å². The molecule has 0 radical (unpaired) electrons. The summed E-state index contributed by atoms with van der Waals surface area (Å²) in [5, 5.41) is 5.31. The van der Waals surface area contributed by atoms with E-state index < -0.39 is 0 Å². The summed E-state index contributed by atoms with van der Waals surface area (Å²) < 4.78 is 11.8. The summed E-state index contributed by atoms with van der Waals surface area (Å²) in [4.78, 5) is 12.6. The van der Waals surface area contributed by atoms with E-state index in [1.54, 1.807) is 11.3 Å². The van der Waals surface area contributed by atoms with E-state index in [9.17, 15) is 4.79 Å². The van der Waals surface area contributed by atoms with Crippen molar-refractivity contribution in [1.29, 1.82) is 0 Å². The van der Waals surface area contributed by atoms with Crippen molar-refractivity contribution in [3.63, 3.8) is 0 Å². The van der Waals surface area contributed by atoms with Crippen LogP contribution >= 0.6 is 43.2 Å². The van der Waals surface area contributed by atoms with Crippen molar-refractivity contribution >= 4 is 49.2 Å². The number of ether oxygens (including phenoxy) is 1. The number of methoxy groups -OCH3 is 1. The van der Waals surface area contributed by atoms with Crippen LogP contribution in [0.4, 0.5) is 0 Å². The Bertz CT molecular complexity index is 549. The van der Waals surface area contributed by atoms with E-state index in [0.717, 1.165) is 15.1 Å². The van der Waals surface area contributed by atoms with E-state index in [1.807, 2.05) is 23.6 Å². The van der Waals surface area contributed by atoms with Gasteiger partial charge >= 0.3 is 5.97 Å². The molecule has 0 aliphatic carbocycles. The minimum Gasteiger partial charge on any atom is -0.469 e. The molecule has 0 spiro atoms. The first-order valence-corrected chi connectivity index (χ1v) is 8.34. The molecule has 0 saturated carbocycles. The molecule has 1 unspecified atom stereocenters. The molecule has 108 valence electrons. The summed E-state index contributed by atoms with van der Waals surface area (Å²) in [6.45, 7) is 0.532. The van der Waals surface area contributed by atoms with Gasteiger partial charge in [0.25, 0.3) is 0 Å². The molecule has 0 saturated heterocycles. The Kier molecular flexibility index (Phi) is 5.83. The van der Waals surface area contributed by atoms with Gasteiger partial charge in [-0.2, -0.15) is 0 Å². The van der Waals surface area contributed by atoms with Gasteiger partial charge in [0, 0.05) is 4.88 Å². The first kappa shape index (κ1) is 15.8. The third-order valence-corrected chi connectivity index (χ3v) is 5.40. The second-order valence-corrected chi connectivity index (χ2v) is 6.62. The molecule has 0 amide bonds. The Morgan fingerprint density at radius 3 is 2.90 bits per heavy atom. The first-order chi connectivity index (χ1) is 9.60. The van der Waals surface area contributed by atoms with Gasteiger partial charge in [0.05, 0.1) is 30.6 Å². The topological polar surface area (TPSA) is 51.5 Å². The molecule has 1 atom stereocenters. The second-order valence-electron chi connectivity index (χ2n) is 4.06. The summed E-state index contributed by atoms with van der Waals surface area (Å²) in [7, 11) is 1.40. The highest BCUT2D eigenvalue weighted by molar-refractivity contribution is 9.13. The minimum absolute atomic E-state index is 0.0786. The van der Waals surface area contributed by atoms with E-state index in [4.69, 9.17) is 9.15 Å². The number of hydrogen-bond acceptors (Lipinski definition) is 5. The number of rotatable bonds is 6. The van der Waals surface area contributed by atoms with Crippen LogP contribution in [0.5, 0.6) is 0 Å². The van der Waals surface area contributed by atoms with Crippen molar-refractivity contribution < 1.29 is 13.9 Å². The Labute approximate surface area is 137 Å². The monoisotopic (exact) mass is 421 g/mol. The molecule has 7 heteroatoms. The van der Waals surface area contributed by atoms with Crippen molar-refractivity contribution in [2.75, 3.05) is 7.11 Å². The number of carbonyl (C=O) groups is 1. The van der Waals surface area contributed by atoms with E-state index in [2.05, 4.69) is 37.2 Å². The lowest BCUT2D eigenvalue weighted by atomic mass is 10.1. The van der Waals surface area contributed by atoms with Crippen molar-refractivity contribution in [2.45, 2.75) is 19.0 Å². The number of nitrogens with one attached hydrogen (secondary N) is 1. The summed E-state index contributed by atoms with van der Waals surface area (Å²) in [6.07, 6.45) is 0.292. The SMILES string of the molecule is COC(=O)CC(NCc1cc(Br)c(Br)o1)c1cccs1. The van der Waals surface area contributed by atoms with Crippen LogP contribution < -0.4 is 5.32 Å². The van der Waals surface area contributed by atoms with Gasteiger partial charge in [-0.1, -0.05) is 6.07 Å². The van der Waals surface area contributed by atoms with Crippen molar-refractivity contribution in [2.24, 2.45) is 0 Å². The highest BCUT2D eigenvalue weighted by atomic mass is 79.9. The molecule has 20 heavy (non-hydrogen) atoms. The van der Waals surface area contributed by atoms with Gasteiger partial charge in [-0.3, -0.25) is 4.79 Å². The quantitative estimate of drug-likeness (QED) is 0.706. The molecule has 0 fully saturated rings. The van der Waals surface area contributed by atoms with Crippen LogP contribution in [0.1, 0.15) is 23.1 Å². The van der Waals surface area contributed by atoms with Crippen molar-refractivity contribution in [1.82, 2.24) is 5.32 Å². The Hall–Kier alpha value is -0.630. The fraction of sp³-hybridized carbons (Fsp3) is 0.308. The summed E-state index contributed by atoms with van der Waals surface area (Å²) >= 11 is 8.28. The minimum atomic E-state index is -0.238. The fourth-order valence-corrected chi connectivity index (χ4v) is 3.18. The van der Waals surface area contributed by atoms with E-state index in [0.29, 0.717) is 17.6 Å². The van der Waals surface area contributed by atoms with E-state index >= 15 is 0 Å². The first-order valence-electron chi connectivity index (χ1n) is 5.87. The third-order valence-electron chi connectivity index (χ3n) is 2.70. The molecule has 0 bridgehead atoms. The maximum atomic E-state index is 11.5. The molecule has 0 aliphatic rings. The smallest absolute Gasteiger partial charge is 0.307 e. The summed E-state index contributed by atoms with van der Waals surface area (Å²) in [6, 6.07) is 5.77. The summed E-state index contributed by atoms with van der Waals surface area (Å²) in [5.74, 6) is 0.549. The lowest BCUT2D eigenvalue weighted by Gasteiger charge is -2.15. The van der Waals surface area contributed by atoms with Crippen LogP contribution in [0.25, 0.3) is 0 Å². The average Bonchev–Trinajstić information content (AvgIpc) is 3.05. The van der Waals surface area contributed by atoms with Crippen LogP contribution in [0.2, 0.25) is 0 Å². The molecule has 0 aliphatic heterocycles. The summed E-state index contributed by atoms with van der Waals surface area (Å²) in [5.41, 5.74) is 0. The van der Waals surface area contributed by atoms with Crippen molar-refractivity contribution in [3.05, 3.63) is 43.4 Å². The standard InChI is InChI=1S/C13H13Br2NO3S/c1-18-12(17)6-10(11-3-2-4-20-11)16-7-8-5-9(14)13(15)19-8/h2-5,10,16H,6-7H2,1H3. The molecule has 2 aromatic rings. The molecule has 2 aromatic heterocycles. The van der Waals surface area contributed by atoms with Gasteiger partial charge in [-0.15, -0.1) is 11.3 Å². The number of thiophene rings is 1.